The van der Waals surface area contributed by atoms with Gasteiger partial charge in [0, 0.05) is 4.47 Å². The van der Waals surface area contributed by atoms with Crippen LogP contribution in [0.1, 0.15) is 15.9 Å². The van der Waals surface area contributed by atoms with Crippen LogP contribution in [0.25, 0.3) is 0 Å². The molecule has 0 saturated carbocycles. The summed E-state index contributed by atoms with van der Waals surface area (Å²) in [5.74, 6) is -0.0941. The van der Waals surface area contributed by atoms with E-state index in [-0.39, 0.29) is 16.9 Å². The molecular formula is C9H8Br2O2. The van der Waals surface area contributed by atoms with E-state index in [1.54, 1.807) is 12.1 Å². The highest BCUT2D eigenvalue weighted by Crippen LogP contribution is 2.26. The highest BCUT2D eigenvalue weighted by atomic mass is 79.9. The molecule has 1 aromatic rings. The molecule has 1 N–H and O–H groups in total. The lowest BCUT2D eigenvalue weighted by atomic mass is 10.1. The van der Waals surface area contributed by atoms with Gasteiger partial charge in [-0.15, -0.1) is 0 Å². The van der Waals surface area contributed by atoms with Gasteiger partial charge in [-0.1, -0.05) is 31.9 Å². The number of phenols is 1. The Bertz CT molecular complexity index is 348. The number of phenolic OH excluding ortho intramolecular Hbond substituents is 1. The molecule has 0 aliphatic carbocycles. The molecule has 0 heterocycles. The lowest BCUT2D eigenvalue weighted by molar-refractivity contribution is 0.102. The van der Waals surface area contributed by atoms with Crippen LogP contribution in [-0.2, 0) is 0 Å². The minimum Gasteiger partial charge on any atom is -0.507 e. The molecule has 0 radical (unpaired) electrons. The molecule has 0 spiro atoms. The predicted octanol–water partition coefficient (Wildman–Crippen LogP) is 3.04. The van der Waals surface area contributed by atoms with Crippen LogP contribution in [0.15, 0.2) is 16.6 Å². The topological polar surface area (TPSA) is 37.3 Å². The van der Waals surface area contributed by atoms with E-state index in [2.05, 4.69) is 31.9 Å². The minimum atomic E-state index is -0.127. The highest BCUT2D eigenvalue weighted by molar-refractivity contribution is 9.10. The van der Waals surface area contributed by atoms with Gasteiger partial charge >= 0.3 is 0 Å². The molecule has 70 valence electrons. The normalized spacial score (nSPS) is 10.1. The van der Waals surface area contributed by atoms with Crippen molar-refractivity contribution in [3.05, 3.63) is 27.7 Å². The van der Waals surface area contributed by atoms with Crippen molar-refractivity contribution in [2.75, 3.05) is 5.33 Å². The quantitative estimate of drug-likeness (QED) is 0.673. The van der Waals surface area contributed by atoms with Gasteiger partial charge in [0.25, 0.3) is 0 Å². The molecule has 0 atom stereocenters. The van der Waals surface area contributed by atoms with Crippen LogP contribution in [0.4, 0.5) is 0 Å². The number of rotatable bonds is 2. The summed E-state index contributed by atoms with van der Waals surface area (Å²) in [4.78, 5) is 11.3. The molecule has 0 fully saturated rings. The van der Waals surface area contributed by atoms with Gasteiger partial charge in [-0.05, 0) is 24.6 Å². The first kappa shape index (κ1) is 10.7. The van der Waals surface area contributed by atoms with E-state index >= 15 is 0 Å². The lowest BCUT2D eigenvalue weighted by Crippen LogP contribution is -2.00. The van der Waals surface area contributed by atoms with Crippen molar-refractivity contribution in [1.29, 1.82) is 0 Å². The van der Waals surface area contributed by atoms with Crippen molar-refractivity contribution in [2.45, 2.75) is 6.92 Å². The second kappa shape index (κ2) is 4.24. The molecule has 1 rings (SSSR count). The lowest BCUT2D eigenvalue weighted by Gasteiger charge is -2.04. The first-order valence-corrected chi connectivity index (χ1v) is 5.56. The second-order valence-electron chi connectivity index (χ2n) is 2.68. The Balaban J connectivity index is 3.23. The maximum Gasteiger partial charge on any atom is 0.177 e. The number of halogens is 2. The van der Waals surface area contributed by atoms with Crippen molar-refractivity contribution >= 4 is 37.6 Å². The summed E-state index contributed by atoms with van der Waals surface area (Å²) in [5, 5.41) is 9.67. The maximum absolute atomic E-state index is 11.3. The Hall–Kier alpha value is -0.350. The summed E-state index contributed by atoms with van der Waals surface area (Å²) >= 11 is 6.35. The van der Waals surface area contributed by atoms with Gasteiger partial charge in [0.2, 0.25) is 0 Å². The van der Waals surface area contributed by atoms with Gasteiger partial charge in [-0.25, -0.2) is 0 Å². The Kier molecular flexibility index (Phi) is 3.50. The molecule has 0 aromatic heterocycles. The monoisotopic (exact) mass is 306 g/mol. The zero-order valence-corrected chi connectivity index (χ0v) is 10.1. The molecule has 4 heteroatoms. The number of hydrogen-bond acceptors (Lipinski definition) is 2. The Labute approximate surface area is 93.2 Å². The fourth-order valence-corrected chi connectivity index (χ4v) is 1.61. The van der Waals surface area contributed by atoms with Crippen LogP contribution in [0.5, 0.6) is 5.75 Å². The Morgan fingerprint density at radius 1 is 1.54 bits per heavy atom. The van der Waals surface area contributed by atoms with E-state index in [4.69, 9.17) is 0 Å². The first-order valence-electron chi connectivity index (χ1n) is 3.64. The number of ketones is 1. The van der Waals surface area contributed by atoms with Crippen LogP contribution in [0.2, 0.25) is 0 Å². The number of Topliss-reactive ketones (excluding diaryl/α,β-unsaturated/α-hetero) is 1. The van der Waals surface area contributed by atoms with Gasteiger partial charge < -0.3 is 5.11 Å². The average Bonchev–Trinajstić information content (AvgIpc) is 2.10. The molecule has 0 amide bonds. The Morgan fingerprint density at radius 3 is 2.69 bits per heavy atom. The van der Waals surface area contributed by atoms with E-state index < -0.39 is 0 Å². The SMILES string of the molecule is Cc1cc(O)c(C(=O)CBr)cc1Br. The van der Waals surface area contributed by atoms with E-state index in [0.717, 1.165) is 10.0 Å². The summed E-state index contributed by atoms with van der Waals surface area (Å²) in [7, 11) is 0. The van der Waals surface area contributed by atoms with Crippen molar-refractivity contribution in [2.24, 2.45) is 0 Å². The van der Waals surface area contributed by atoms with E-state index in [1.807, 2.05) is 6.92 Å². The molecule has 0 bridgehead atoms. The summed E-state index contributed by atoms with van der Waals surface area (Å²) in [5.41, 5.74) is 1.25. The van der Waals surface area contributed by atoms with Crippen LogP contribution in [0, 0.1) is 6.92 Å². The van der Waals surface area contributed by atoms with Gasteiger partial charge in [0.1, 0.15) is 5.75 Å². The Morgan fingerprint density at radius 2 is 2.15 bits per heavy atom. The zero-order valence-electron chi connectivity index (χ0n) is 6.97. The molecule has 0 unspecified atom stereocenters. The van der Waals surface area contributed by atoms with Crippen molar-refractivity contribution in [3.8, 4) is 5.75 Å². The van der Waals surface area contributed by atoms with Crippen molar-refractivity contribution < 1.29 is 9.90 Å². The third kappa shape index (κ3) is 2.31. The molecular weight excluding hydrogens is 300 g/mol. The van der Waals surface area contributed by atoms with E-state index in [9.17, 15) is 9.90 Å². The van der Waals surface area contributed by atoms with Gasteiger partial charge in [-0.2, -0.15) is 0 Å². The van der Waals surface area contributed by atoms with Crippen LogP contribution < -0.4 is 0 Å². The number of aryl methyl sites for hydroxylation is 1. The molecule has 0 aliphatic rings. The second-order valence-corrected chi connectivity index (χ2v) is 4.09. The first-order chi connectivity index (χ1) is 6.06. The zero-order chi connectivity index (χ0) is 10.0. The highest BCUT2D eigenvalue weighted by Gasteiger charge is 2.11. The third-order valence-corrected chi connectivity index (χ3v) is 3.06. The standard InChI is InChI=1S/C9H8Br2O2/c1-5-2-8(12)6(3-7(5)11)9(13)4-10/h2-3,12H,4H2,1H3. The smallest absolute Gasteiger partial charge is 0.177 e. The van der Waals surface area contributed by atoms with Gasteiger partial charge in [-0.3, -0.25) is 4.79 Å². The van der Waals surface area contributed by atoms with Gasteiger partial charge in [0.15, 0.2) is 5.78 Å². The number of aromatic hydroxyl groups is 1. The number of alkyl halides is 1. The largest absolute Gasteiger partial charge is 0.507 e. The minimum absolute atomic E-state index is 0.0325. The summed E-state index contributed by atoms with van der Waals surface area (Å²) < 4.78 is 0.828. The van der Waals surface area contributed by atoms with Crippen molar-refractivity contribution in [3.63, 3.8) is 0 Å². The third-order valence-electron chi connectivity index (χ3n) is 1.70. The average molecular weight is 308 g/mol. The van der Waals surface area contributed by atoms with E-state index in [0.29, 0.717) is 5.56 Å². The molecule has 13 heavy (non-hydrogen) atoms. The molecule has 2 nitrogen and oxygen atoms in total. The van der Waals surface area contributed by atoms with Crippen molar-refractivity contribution in [1.82, 2.24) is 0 Å². The molecule has 1 aromatic carbocycles. The molecule has 0 aliphatic heterocycles. The predicted molar refractivity (Wildman–Crippen MR) is 58.7 cm³/mol. The number of carbonyl (C=O) groups excluding carboxylic acids is 1. The fraction of sp³-hybridized carbons (Fsp3) is 0.222. The summed E-state index contributed by atoms with van der Waals surface area (Å²) in [6.45, 7) is 1.85. The van der Waals surface area contributed by atoms with E-state index in [1.165, 1.54) is 0 Å². The number of hydrogen-bond donors (Lipinski definition) is 1. The number of benzene rings is 1. The maximum atomic E-state index is 11.3. The molecule has 0 saturated heterocycles. The number of carbonyl (C=O) groups is 1. The van der Waals surface area contributed by atoms with Gasteiger partial charge in [0.05, 0.1) is 10.9 Å². The van der Waals surface area contributed by atoms with Crippen LogP contribution in [-0.4, -0.2) is 16.2 Å². The summed E-state index contributed by atoms with van der Waals surface area (Å²) in [6.07, 6.45) is 0. The van der Waals surface area contributed by atoms with Crippen LogP contribution >= 0.6 is 31.9 Å². The van der Waals surface area contributed by atoms with Crippen LogP contribution in [0.3, 0.4) is 0 Å². The summed E-state index contributed by atoms with van der Waals surface area (Å²) in [6, 6.07) is 3.20. The fourth-order valence-electron chi connectivity index (χ4n) is 0.962.